The van der Waals surface area contributed by atoms with Gasteiger partial charge in [0, 0.05) is 34.0 Å². The molecule has 2 atom stereocenters. The van der Waals surface area contributed by atoms with E-state index in [2.05, 4.69) is 6.58 Å². The number of aromatic hydroxyl groups is 1. The summed E-state index contributed by atoms with van der Waals surface area (Å²) < 4.78 is 28.9. The lowest BCUT2D eigenvalue weighted by Crippen LogP contribution is -2.29. The number of hydrogen-bond donors (Lipinski definition) is 2. The Labute approximate surface area is 216 Å². The number of aliphatic hydroxyl groups is 1. The first-order valence-corrected chi connectivity index (χ1v) is 11.8. The van der Waals surface area contributed by atoms with E-state index in [0.29, 0.717) is 27.7 Å². The summed E-state index contributed by atoms with van der Waals surface area (Å²) in [7, 11) is 1.32. The number of rotatable bonds is 6. The lowest BCUT2D eigenvalue weighted by atomic mass is 9.96. The van der Waals surface area contributed by atoms with Crippen LogP contribution in [0.3, 0.4) is 0 Å². The lowest BCUT2D eigenvalue weighted by Gasteiger charge is -2.32. The zero-order valence-electron chi connectivity index (χ0n) is 21.2. The first-order valence-electron chi connectivity index (χ1n) is 11.8. The fourth-order valence-electron chi connectivity index (χ4n) is 4.42. The lowest BCUT2D eigenvalue weighted by molar-refractivity contribution is 0.0523. The van der Waals surface area contributed by atoms with Gasteiger partial charge in [-0.15, -0.1) is 0 Å². The van der Waals surface area contributed by atoms with Gasteiger partial charge in [0.2, 0.25) is 11.5 Å². The molecule has 38 heavy (non-hydrogen) atoms. The molecule has 0 bridgehead atoms. The van der Waals surface area contributed by atoms with Gasteiger partial charge < -0.3 is 33.3 Å². The fraction of sp³-hybridized carbons (Fsp3) is 0.241. The molecule has 0 radical (unpaired) electrons. The van der Waals surface area contributed by atoms with E-state index in [-0.39, 0.29) is 28.2 Å². The smallest absolute Gasteiger partial charge is 0.336 e. The second-order valence-corrected chi connectivity index (χ2v) is 9.69. The van der Waals surface area contributed by atoms with Gasteiger partial charge in [0.15, 0.2) is 28.8 Å². The Morgan fingerprint density at radius 2 is 1.63 bits per heavy atom. The molecule has 1 aliphatic heterocycles. The number of benzene rings is 2. The summed E-state index contributed by atoms with van der Waals surface area (Å²) in [6.45, 7) is 9.21. The summed E-state index contributed by atoms with van der Waals surface area (Å²) >= 11 is 0. The van der Waals surface area contributed by atoms with Crippen LogP contribution in [-0.2, 0) is 0 Å². The van der Waals surface area contributed by atoms with Crippen LogP contribution in [0.25, 0.3) is 28.0 Å². The number of phenols is 1. The van der Waals surface area contributed by atoms with Gasteiger partial charge in [0.25, 0.3) is 0 Å². The van der Waals surface area contributed by atoms with Crippen LogP contribution in [-0.4, -0.2) is 29.0 Å². The molecule has 0 aliphatic carbocycles. The van der Waals surface area contributed by atoms with Gasteiger partial charge in [-0.25, -0.2) is 9.59 Å². The first kappa shape index (κ1) is 25.2. The monoisotopic (exact) mass is 518 g/mol. The minimum absolute atomic E-state index is 0.0751. The zero-order chi connectivity index (χ0) is 27.4. The minimum atomic E-state index is -1.30. The van der Waals surface area contributed by atoms with E-state index in [1.54, 1.807) is 25.1 Å². The number of methoxy groups -OCH3 is 1. The molecule has 5 rings (SSSR count). The van der Waals surface area contributed by atoms with Crippen molar-refractivity contribution >= 4 is 28.0 Å². The highest BCUT2D eigenvalue weighted by molar-refractivity contribution is 5.90. The van der Waals surface area contributed by atoms with Gasteiger partial charge in [-0.3, -0.25) is 0 Å². The van der Waals surface area contributed by atoms with Crippen LogP contribution in [0, 0.1) is 0 Å². The normalized spacial score (nSPS) is 15.5. The summed E-state index contributed by atoms with van der Waals surface area (Å²) in [6, 6.07) is 8.97. The molecule has 196 valence electrons. The van der Waals surface area contributed by atoms with Crippen LogP contribution in [0.2, 0.25) is 0 Å². The molecular formula is C29H26O9. The number of hydrogen-bond acceptors (Lipinski definition) is 9. The Balaban J connectivity index is 1.79. The predicted octanol–water partition coefficient (Wildman–Crippen LogP) is 4.85. The van der Waals surface area contributed by atoms with Gasteiger partial charge in [-0.1, -0.05) is 12.7 Å². The molecule has 0 amide bonds. The van der Waals surface area contributed by atoms with E-state index in [1.165, 1.54) is 25.3 Å². The highest BCUT2D eigenvalue weighted by Crippen LogP contribution is 2.48. The topological polar surface area (TPSA) is 129 Å². The third-order valence-electron chi connectivity index (χ3n) is 6.29. The van der Waals surface area contributed by atoms with E-state index >= 15 is 0 Å². The maximum absolute atomic E-state index is 12.2. The van der Waals surface area contributed by atoms with Gasteiger partial charge in [0.1, 0.15) is 11.7 Å². The van der Waals surface area contributed by atoms with Crippen LogP contribution < -0.4 is 25.5 Å². The summed E-state index contributed by atoms with van der Waals surface area (Å²) in [6.07, 6.45) is 1.25. The van der Waals surface area contributed by atoms with Crippen molar-refractivity contribution in [3.05, 3.63) is 86.6 Å². The summed E-state index contributed by atoms with van der Waals surface area (Å²) in [5.41, 5.74) is -0.638. The first-order chi connectivity index (χ1) is 18.0. The quantitative estimate of drug-likeness (QED) is 0.272. The second-order valence-electron chi connectivity index (χ2n) is 9.69. The van der Waals surface area contributed by atoms with Crippen LogP contribution in [0.15, 0.2) is 73.0 Å². The minimum Gasteiger partial charge on any atom is -0.502 e. The largest absolute Gasteiger partial charge is 0.502 e. The molecule has 3 heterocycles. The van der Waals surface area contributed by atoms with E-state index in [0.717, 1.165) is 0 Å². The maximum atomic E-state index is 12.2. The highest BCUT2D eigenvalue weighted by Gasteiger charge is 2.34. The Kier molecular flexibility index (Phi) is 6.03. The molecular weight excluding hydrogens is 492 g/mol. The fourth-order valence-corrected chi connectivity index (χ4v) is 4.42. The van der Waals surface area contributed by atoms with Gasteiger partial charge in [-0.05, 0) is 56.7 Å². The van der Waals surface area contributed by atoms with Crippen molar-refractivity contribution in [2.24, 2.45) is 0 Å². The van der Waals surface area contributed by atoms with E-state index < -0.39 is 34.8 Å². The van der Waals surface area contributed by atoms with Crippen LogP contribution in [0.1, 0.15) is 38.0 Å². The molecule has 2 aromatic heterocycles. The van der Waals surface area contributed by atoms with Crippen molar-refractivity contribution < 1.29 is 33.3 Å². The second kappa shape index (κ2) is 9.11. The molecule has 9 heteroatoms. The van der Waals surface area contributed by atoms with Crippen molar-refractivity contribution in [1.82, 2.24) is 0 Å². The van der Waals surface area contributed by atoms with Crippen molar-refractivity contribution in [2.75, 3.05) is 7.11 Å². The highest BCUT2D eigenvalue weighted by atomic mass is 16.6. The number of phenolic OH excluding ortho intramolecular Hbond substituents is 1. The molecule has 4 aromatic rings. The van der Waals surface area contributed by atoms with Crippen molar-refractivity contribution in [2.45, 2.75) is 38.6 Å². The molecule has 9 nitrogen and oxygen atoms in total. The van der Waals surface area contributed by atoms with Crippen LogP contribution in [0.4, 0.5) is 0 Å². The Morgan fingerprint density at radius 1 is 1.00 bits per heavy atom. The van der Waals surface area contributed by atoms with Gasteiger partial charge >= 0.3 is 11.3 Å². The SMILES string of the molecule is C=C(C)C(O)C(Oc1c2c(cc3ccc(=O)oc13)C=CC(C)(C)O2)c1cc2ccc(=O)oc2c(O)c1OC. The zero-order valence-corrected chi connectivity index (χ0v) is 21.2. The molecule has 2 aromatic carbocycles. The average Bonchev–Trinajstić information content (AvgIpc) is 2.86. The molecule has 0 saturated carbocycles. The standard InChI is InChI=1S/C29H26O9/c1-14(2)21(32)27(18-13-16-7-9-19(30)35-23(16)22(33)26(18)34-5)37-28-24-15(6-8-20(31)36-24)12-17-10-11-29(3,4)38-25(17)28/h6-13,21,27,32-33H,1H2,2-5H3. The molecule has 1 aliphatic rings. The maximum Gasteiger partial charge on any atom is 0.336 e. The Bertz CT molecular complexity index is 1740. The average molecular weight is 519 g/mol. The van der Waals surface area contributed by atoms with Crippen LogP contribution >= 0.6 is 0 Å². The molecule has 0 spiro atoms. The van der Waals surface area contributed by atoms with E-state index in [1.807, 2.05) is 26.0 Å². The number of fused-ring (bicyclic) bond motifs is 3. The third kappa shape index (κ3) is 4.31. The van der Waals surface area contributed by atoms with Gasteiger partial charge in [-0.2, -0.15) is 0 Å². The number of aliphatic hydroxyl groups excluding tert-OH is 1. The van der Waals surface area contributed by atoms with Crippen LogP contribution in [0.5, 0.6) is 23.0 Å². The van der Waals surface area contributed by atoms with Crippen molar-refractivity contribution in [3.8, 4) is 23.0 Å². The van der Waals surface area contributed by atoms with Gasteiger partial charge in [0.05, 0.1) is 7.11 Å². The predicted molar refractivity (Wildman–Crippen MR) is 141 cm³/mol. The summed E-state index contributed by atoms with van der Waals surface area (Å²) in [4.78, 5) is 24.0. The third-order valence-corrected chi connectivity index (χ3v) is 6.29. The summed E-state index contributed by atoms with van der Waals surface area (Å²) in [5, 5.41) is 23.2. The molecule has 0 fully saturated rings. The molecule has 2 unspecified atom stereocenters. The Hall–Kier alpha value is -4.50. The molecule has 2 N–H and O–H groups in total. The van der Waals surface area contributed by atoms with Crippen molar-refractivity contribution in [3.63, 3.8) is 0 Å². The Morgan fingerprint density at radius 3 is 2.26 bits per heavy atom. The van der Waals surface area contributed by atoms with E-state index in [9.17, 15) is 19.8 Å². The molecule has 0 saturated heterocycles. The summed E-state index contributed by atoms with van der Waals surface area (Å²) in [5.74, 6) is -0.117. The number of ether oxygens (including phenoxy) is 3. The van der Waals surface area contributed by atoms with E-state index in [4.69, 9.17) is 23.0 Å². The van der Waals surface area contributed by atoms with Crippen molar-refractivity contribution in [1.29, 1.82) is 0 Å².